The summed E-state index contributed by atoms with van der Waals surface area (Å²) in [6, 6.07) is 5.57. The molecule has 0 unspecified atom stereocenters. The number of amides is 1. The molecule has 1 aromatic heterocycles. The second-order valence-corrected chi connectivity index (χ2v) is 11.0. The topological polar surface area (TPSA) is 101 Å². The van der Waals surface area contributed by atoms with Crippen molar-refractivity contribution in [1.29, 1.82) is 0 Å². The number of rotatable bonds is 6. The summed E-state index contributed by atoms with van der Waals surface area (Å²) in [5.74, 6) is 0.810. The smallest absolute Gasteiger partial charge is 0.235 e. The minimum absolute atomic E-state index is 0.0567. The van der Waals surface area contributed by atoms with Gasteiger partial charge in [0.25, 0.3) is 0 Å². The van der Waals surface area contributed by atoms with Crippen molar-refractivity contribution in [3.8, 4) is 5.75 Å². The number of anilines is 1. The quantitative estimate of drug-likeness (QED) is 0.701. The van der Waals surface area contributed by atoms with Crippen LogP contribution in [0, 0.1) is 0 Å². The van der Waals surface area contributed by atoms with E-state index in [2.05, 4.69) is 20.2 Å². The summed E-state index contributed by atoms with van der Waals surface area (Å²) in [6.45, 7) is 4.28. The predicted octanol–water partition coefficient (Wildman–Crippen LogP) is 2.60. The number of likely N-dealkylation sites (tertiary alicyclic amines) is 1. The fraction of sp³-hybridized carbons (Fsp3) is 0.476. The molecule has 1 aromatic carbocycles. The van der Waals surface area contributed by atoms with Gasteiger partial charge in [-0.2, -0.15) is 0 Å². The Balaban J connectivity index is 1.30. The molecule has 166 valence electrons. The Morgan fingerprint density at radius 1 is 1.26 bits per heavy atom. The number of hydrogen-bond acceptors (Lipinski definition) is 7. The SMILES string of the molecule is C[C@@H](c1ncc(OCCN2CCC3(CC2)C(=O)Nc2ccc(Cl)cc23)cn1)S(C)(=O)=O. The molecule has 1 spiro atoms. The predicted molar refractivity (Wildman–Crippen MR) is 118 cm³/mol. The number of halogens is 1. The van der Waals surface area contributed by atoms with E-state index in [0.29, 0.717) is 23.9 Å². The molecule has 1 N–H and O–H groups in total. The maximum Gasteiger partial charge on any atom is 0.235 e. The first kappa shape index (κ1) is 22.0. The number of benzene rings is 1. The molecule has 1 fully saturated rings. The third-order valence-electron chi connectivity index (χ3n) is 6.22. The van der Waals surface area contributed by atoms with Crippen LogP contribution in [0.25, 0.3) is 0 Å². The number of piperidine rings is 1. The molecule has 31 heavy (non-hydrogen) atoms. The van der Waals surface area contributed by atoms with Gasteiger partial charge in [-0.05, 0) is 56.6 Å². The zero-order valence-electron chi connectivity index (χ0n) is 17.5. The van der Waals surface area contributed by atoms with E-state index < -0.39 is 20.5 Å². The minimum Gasteiger partial charge on any atom is -0.489 e. The number of carbonyl (C=O) groups excluding carboxylic acids is 1. The molecule has 1 amide bonds. The van der Waals surface area contributed by atoms with Gasteiger partial charge < -0.3 is 10.1 Å². The number of fused-ring (bicyclic) bond motifs is 2. The molecule has 10 heteroatoms. The Bertz CT molecular complexity index is 1080. The molecule has 8 nitrogen and oxygen atoms in total. The highest BCUT2D eigenvalue weighted by Gasteiger charge is 2.48. The number of sulfone groups is 1. The van der Waals surface area contributed by atoms with Crippen LogP contribution in [0.2, 0.25) is 5.02 Å². The van der Waals surface area contributed by atoms with E-state index in [1.54, 1.807) is 13.0 Å². The lowest BCUT2D eigenvalue weighted by molar-refractivity contribution is -0.122. The third kappa shape index (κ3) is 4.40. The van der Waals surface area contributed by atoms with Gasteiger partial charge in [-0.1, -0.05) is 11.6 Å². The highest BCUT2D eigenvalue weighted by atomic mass is 35.5. The molecule has 0 aliphatic carbocycles. The van der Waals surface area contributed by atoms with Gasteiger partial charge in [0.1, 0.15) is 17.7 Å². The monoisotopic (exact) mass is 464 g/mol. The maximum absolute atomic E-state index is 12.7. The summed E-state index contributed by atoms with van der Waals surface area (Å²) >= 11 is 6.17. The first-order chi connectivity index (χ1) is 14.7. The Labute approximate surface area is 186 Å². The van der Waals surface area contributed by atoms with Crippen LogP contribution in [0.3, 0.4) is 0 Å². The first-order valence-corrected chi connectivity index (χ1v) is 12.5. The Kier molecular flexibility index (Phi) is 5.93. The first-order valence-electron chi connectivity index (χ1n) is 10.2. The third-order valence-corrected chi connectivity index (χ3v) is 7.95. The van der Waals surface area contributed by atoms with Crippen molar-refractivity contribution in [2.45, 2.75) is 30.4 Å². The molecular weight excluding hydrogens is 440 g/mol. The molecule has 4 rings (SSSR count). The molecule has 2 aromatic rings. The van der Waals surface area contributed by atoms with Crippen molar-refractivity contribution in [3.05, 3.63) is 47.0 Å². The number of nitrogens with zero attached hydrogens (tertiary/aromatic N) is 3. The van der Waals surface area contributed by atoms with Crippen LogP contribution >= 0.6 is 11.6 Å². The Morgan fingerprint density at radius 3 is 2.58 bits per heavy atom. The maximum atomic E-state index is 12.7. The number of ether oxygens (including phenoxy) is 1. The van der Waals surface area contributed by atoms with Crippen molar-refractivity contribution >= 4 is 33.0 Å². The van der Waals surface area contributed by atoms with E-state index in [1.807, 2.05) is 12.1 Å². The summed E-state index contributed by atoms with van der Waals surface area (Å²) in [6.07, 6.45) is 5.62. The van der Waals surface area contributed by atoms with Crippen LogP contribution in [0.4, 0.5) is 5.69 Å². The summed E-state index contributed by atoms with van der Waals surface area (Å²) in [4.78, 5) is 23.2. The van der Waals surface area contributed by atoms with Crippen molar-refractivity contribution < 1.29 is 17.9 Å². The lowest BCUT2D eigenvalue weighted by Gasteiger charge is -2.37. The Morgan fingerprint density at radius 2 is 1.94 bits per heavy atom. The van der Waals surface area contributed by atoms with Gasteiger partial charge in [0.2, 0.25) is 5.91 Å². The number of carbonyl (C=O) groups is 1. The van der Waals surface area contributed by atoms with E-state index in [-0.39, 0.29) is 11.7 Å². The highest BCUT2D eigenvalue weighted by Crippen LogP contribution is 2.45. The molecule has 0 bridgehead atoms. The largest absolute Gasteiger partial charge is 0.489 e. The van der Waals surface area contributed by atoms with Crippen LogP contribution in [0.5, 0.6) is 5.75 Å². The zero-order chi connectivity index (χ0) is 22.2. The van der Waals surface area contributed by atoms with Crippen LogP contribution in [-0.2, 0) is 20.0 Å². The average molecular weight is 465 g/mol. The van der Waals surface area contributed by atoms with Crippen LogP contribution in [0.15, 0.2) is 30.6 Å². The fourth-order valence-electron chi connectivity index (χ4n) is 4.14. The molecular formula is C21H25ClN4O4S. The standard InChI is InChI=1S/C21H25ClN4O4S/c1-14(31(2,28)29)19-23-12-16(13-24-19)30-10-9-26-7-5-21(6-8-26)17-11-15(22)3-4-18(17)25-20(21)27/h3-4,11-14H,5-10H2,1-2H3,(H,25,27)/t14-/m0/s1. The minimum atomic E-state index is -3.24. The Hall–Kier alpha value is -2.23. The van der Waals surface area contributed by atoms with Gasteiger partial charge in [-0.3, -0.25) is 9.69 Å². The van der Waals surface area contributed by atoms with Crippen molar-refractivity contribution in [3.63, 3.8) is 0 Å². The van der Waals surface area contributed by atoms with E-state index in [0.717, 1.165) is 43.4 Å². The van der Waals surface area contributed by atoms with Crippen LogP contribution in [-0.4, -0.2) is 61.7 Å². The van der Waals surface area contributed by atoms with Crippen molar-refractivity contribution in [2.24, 2.45) is 0 Å². The molecule has 0 radical (unpaired) electrons. The second-order valence-electron chi connectivity index (χ2n) is 8.16. The summed E-state index contributed by atoms with van der Waals surface area (Å²) in [5.41, 5.74) is 1.36. The average Bonchev–Trinajstić information content (AvgIpc) is 3.00. The van der Waals surface area contributed by atoms with Crippen LogP contribution in [0.1, 0.15) is 36.4 Å². The summed E-state index contributed by atoms with van der Waals surface area (Å²) < 4.78 is 29.0. The fourth-order valence-corrected chi connectivity index (χ4v) is 4.81. The summed E-state index contributed by atoms with van der Waals surface area (Å²) in [7, 11) is -3.24. The zero-order valence-corrected chi connectivity index (χ0v) is 19.0. The number of nitrogens with one attached hydrogen (secondary N) is 1. The van der Waals surface area contributed by atoms with E-state index in [4.69, 9.17) is 16.3 Å². The van der Waals surface area contributed by atoms with Gasteiger partial charge in [-0.15, -0.1) is 0 Å². The van der Waals surface area contributed by atoms with Gasteiger partial charge in [-0.25, -0.2) is 18.4 Å². The molecule has 2 aliphatic heterocycles. The highest BCUT2D eigenvalue weighted by molar-refractivity contribution is 7.90. The number of hydrogen-bond donors (Lipinski definition) is 1. The lowest BCUT2D eigenvalue weighted by Crippen LogP contribution is -2.47. The van der Waals surface area contributed by atoms with Crippen molar-refractivity contribution in [1.82, 2.24) is 14.9 Å². The van der Waals surface area contributed by atoms with Gasteiger partial charge in [0.05, 0.1) is 17.8 Å². The van der Waals surface area contributed by atoms with Gasteiger partial charge in [0.15, 0.2) is 15.6 Å². The summed E-state index contributed by atoms with van der Waals surface area (Å²) in [5, 5.41) is 2.88. The molecule has 1 saturated heterocycles. The molecule has 0 saturated carbocycles. The van der Waals surface area contributed by atoms with E-state index in [9.17, 15) is 13.2 Å². The van der Waals surface area contributed by atoms with E-state index in [1.165, 1.54) is 12.4 Å². The van der Waals surface area contributed by atoms with Gasteiger partial charge >= 0.3 is 0 Å². The van der Waals surface area contributed by atoms with E-state index >= 15 is 0 Å². The molecule has 2 aliphatic rings. The molecule has 3 heterocycles. The molecule has 1 atom stereocenters. The van der Waals surface area contributed by atoms with Crippen molar-refractivity contribution in [2.75, 3.05) is 37.8 Å². The second kappa shape index (κ2) is 8.37. The lowest BCUT2D eigenvalue weighted by atomic mass is 9.73. The number of aromatic nitrogens is 2. The van der Waals surface area contributed by atoms with Gasteiger partial charge in [0, 0.05) is 23.5 Å². The normalized spacial score (nSPS) is 19.1. The van der Waals surface area contributed by atoms with Crippen LogP contribution < -0.4 is 10.1 Å².